The standard InChI is InChI=1S/C18H24ClN3O4S2/c1-4-28(24,25)22(3)11-5-10-20-18(23)17-13(2)21-16(27-17)12-26-15-8-6-14(19)7-9-15/h6-9H,4-5,10-12H2,1-3H3,(H,20,23). The van der Waals surface area contributed by atoms with E-state index < -0.39 is 10.0 Å². The lowest BCUT2D eigenvalue weighted by Gasteiger charge is -2.15. The Bertz CT molecular complexity index is 898. The maximum Gasteiger partial charge on any atom is 0.263 e. The number of hydrogen-bond acceptors (Lipinski definition) is 6. The van der Waals surface area contributed by atoms with Crippen LogP contribution >= 0.6 is 22.9 Å². The van der Waals surface area contributed by atoms with Gasteiger partial charge in [0, 0.05) is 25.2 Å². The molecular formula is C18H24ClN3O4S2. The van der Waals surface area contributed by atoms with Gasteiger partial charge in [-0.3, -0.25) is 4.79 Å². The van der Waals surface area contributed by atoms with E-state index in [9.17, 15) is 13.2 Å². The Hall–Kier alpha value is -1.68. The molecule has 0 spiro atoms. The number of carbonyl (C=O) groups excluding carboxylic acids is 1. The molecule has 0 bridgehead atoms. The molecule has 1 amide bonds. The Morgan fingerprint density at radius 3 is 2.64 bits per heavy atom. The topological polar surface area (TPSA) is 88.6 Å². The number of halogens is 1. The molecule has 0 fully saturated rings. The molecule has 0 aliphatic heterocycles. The molecule has 28 heavy (non-hydrogen) atoms. The van der Waals surface area contributed by atoms with Gasteiger partial charge in [-0.05, 0) is 44.5 Å². The fourth-order valence-electron chi connectivity index (χ4n) is 2.34. The fraction of sp³-hybridized carbons (Fsp3) is 0.444. The molecule has 1 N–H and O–H groups in total. The Labute approximate surface area is 174 Å². The highest BCUT2D eigenvalue weighted by Crippen LogP contribution is 2.21. The molecule has 0 unspecified atom stereocenters. The van der Waals surface area contributed by atoms with Crippen molar-refractivity contribution in [3.05, 3.63) is 44.9 Å². The van der Waals surface area contributed by atoms with Crippen molar-refractivity contribution in [3.63, 3.8) is 0 Å². The second-order valence-corrected chi connectivity index (χ2v) is 9.98. The number of nitrogens with zero attached hydrogens (tertiary/aromatic N) is 2. The number of ether oxygens (including phenoxy) is 1. The molecule has 0 aliphatic carbocycles. The Morgan fingerprint density at radius 2 is 2.00 bits per heavy atom. The van der Waals surface area contributed by atoms with Crippen molar-refractivity contribution in [2.24, 2.45) is 0 Å². The first-order valence-corrected chi connectivity index (χ1v) is 11.6. The van der Waals surface area contributed by atoms with Crippen LogP contribution in [0, 0.1) is 6.92 Å². The summed E-state index contributed by atoms with van der Waals surface area (Å²) in [5, 5.41) is 4.15. The number of aromatic nitrogens is 1. The maximum atomic E-state index is 12.4. The minimum Gasteiger partial charge on any atom is -0.486 e. The summed E-state index contributed by atoms with van der Waals surface area (Å²) in [4.78, 5) is 17.3. The van der Waals surface area contributed by atoms with Gasteiger partial charge >= 0.3 is 0 Å². The van der Waals surface area contributed by atoms with Gasteiger partial charge in [0.1, 0.15) is 22.2 Å². The predicted octanol–water partition coefficient (Wildman–Crippen LogP) is 3.09. The largest absolute Gasteiger partial charge is 0.486 e. The Kier molecular flexibility index (Phi) is 8.23. The van der Waals surface area contributed by atoms with Crippen molar-refractivity contribution in [2.75, 3.05) is 25.9 Å². The second-order valence-electron chi connectivity index (χ2n) is 6.10. The van der Waals surface area contributed by atoms with Crippen LogP contribution in [0.1, 0.15) is 33.7 Å². The van der Waals surface area contributed by atoms with Crippen LogP contribution in [0.2, 0.25) is 5.02 Å². The summed E-state index contributed by atoms with van der Waals surface area (Å²) in [5.74, 6) is 0.528. The molecule has 0 saturated carbocycles. The summed E-state index contributed by atoms with van der Waals surface area (Å²) in [5.41, 5.74) is 0.642. The third kappa shape index (κ3) is 6.44. The molecule has 7 nitrogen and oxygen atoms in total. The smallest absolute Gasteiger partial charge is 0.263 e. The first-order chi connectivity index (χ1) is 13.2. The zero-order chi connectivity index (χ0) is 20.7. The van der Waals surface area contributed by atoms with E-state index >= 15 is 0 Å². The van der Waals surface area contributed by atoms with E-state index in [-0.39, 0.29) is 18.3 Å². The molecule has 0 aliphatic rings. The van der Waals surface area contributed by atoms with Crippen LogP contribution < -0.4 is 10.1 Å². The van der Waals surface area contributed by atoms with Gasteiger partial charge in [-0.25, -0.2) is 17.7 Å². The van der Waals surface area contributed by atoms with E-state index in [0.717, 1.165) is 0 Å². The molecular weight excluding hydrogens is 422 g/mol. The van der Waals surface area contributed by atoms with Gasteiger partial charge in [0.25, 0.3) is 5.91 Å². The van der Waals surface area contributed by atoms with Crippen LogP contribution in [0.5, 0.6) is 5.75 Å². The van der Waals surface area contributed by atoms with Gasteiger partial charge in [0.15, 0.2) is 0 Å². The van der Waals surface area contributed by atoms with Gasteiger partial charge in [-0.15, -0.1) is 11.3 Å². The lowest BCUT2D eigenvalue weighted by molar-refractivity contribution is 0.0956. The molecule has 0 atom stereocenters. The van der Waals surface area contributed by atoms with Crippen LogP contribution in [-0.2, 0) is 16.6 Å². The summed E-state index contributed by atoms with van der Waals surface area (Å²) in [6.07, 6.45) is 0.534. The first-order valence-electron chi connectivity index (χ1n) is 8.79. The summed E-state index contributed by atoms with van der Waals surface area (Å²) < 4.78 is 30.3. The van der Waals surface area contributed by atoms with E-state index in [1.807, 2.05) is 0 Å². The van der Waals surface area contributed by atoms with Crippen LogP contribution in [-0.4, -0.2) is 49.5 Å². The molecule has 1 aromatic heterocycles. The molecule has 0 saturated heterocycles. The fourth-order valence-corrected chi connectivity index (χ4v) is 4.21. The zero-order valence-corrected chi connectivity index (χ0v) is 18.5. The zero-order valence-electron chi connectivity index (χ0n) is 16.1. The monoisotopic (exact) mass is 445 g/mol. The van der Waals surface area contributed by atoms with Crippen molar-refractivity contribution < 1.29 is 17.9 Å². The Morgan fingerprint density at radius 1 is 1.32 bits per heavy atom. The highest BCUT2D eigenvalue weighted by molar-refractivity contribution is 7.89. The summed E-state index contributed by atoms with van der Waals surface area (Å²) in [6, 6.07) is 7.02. The molecule has 2 rings (SSSR count). The average Bonchev–Trinajstić information content (AvgIpc) is 3.05. The van der Waals surface area contributed by atoms with Gasteiger partial charge < -0.3 is 10.1 Å². The minimum atomic E-state index is -3.19. The summed E-state index contributed by atoms with van der Waals surface area (Å²) >= 11 is 7.13. The van der Waals surface area contributed by atoms with Gasteiger partial charge in [-0.1, -0.05) is 11.6 Å². The lowest BCUT2D eigenvalue weighted by Crippen LogP contribution is -2.32. The van der Waals surface area contributed by atoms with E-state index in [0.29, 0.717) is 45.9 Å². The highest BCUT2D eigenvalue weighted by Gasteiger charge is 2.17. The summed E-state index contributed by atoms with van der Waals surface area (Å²) in [6.45, 7) is 4.39. The van der Waals surface area contributed by atoms with Crippen molar-refractivity contribution in [2.45, 2.75) is 26.9 Å². The number of carbonyl (C=O) groups is 1. The molecule has 1 heterocycles. The molecule has 2 aromatic rings. The van der Waals surface area contributed by atoms with E-state index in [4.69, 9.17) is 16.3 Å². The first kappa shape index (κ1) is 22.6. The number of sulfonamides is 1. The van der Waals surface area contributed by atoms with Gasteiger partial charge in [-0.2, -0.15) is 0 Å². The van der Waals surface area contributed by atoms with E-state index in [1.165, 1.54) is 15.6 Å². The van der Waals surface area contributed by atoms with Crippen LogP contribution in [0.4, 0.5) is 0 Å². The predicted molar refractivity (Wildman–Crippen MR) is 112 cm³/mol. The van der Waals surface area contributed by atoms with E-state index in [1.54, 1.807) is 45.2 Å². The van der Waals surface area contributed by atoms with Crippen molar-refractivity contribution in [3.8, 4) is 5.75 Å². The molecule has 1 aromatic carbocycles. The van der Waals surface area contributed by atoms with Crippen molar-refractivity contribution in [1.82, 2.24) is 14.6 Å². The lowest BCUT2D eigenvalue weighted by atomic mass is 10.3. The summed E-state index contributed by atoms with van der Waals surface area (Å²) in [7, 11) is -1.65. The number of thiazole rings is 1. The highest BCUT2D eigenvalue weighted by atomic mass is 35.5. The molecule has 154 valence electrons. The SMILES string of the molecule is CCS(=O)(=O)N(C)CCCNC(=O)c1sc(COc2ccc(Cl)cc2)nc1C. The second kappa shape index (κ2) is 10.2. The number of amides is 1. The number of rotatable bonds is 10. The number of hydrogen-bond donors (Lipinski definition) is 1. The van der Waals surface area contributed by atoms with Crippen molar-refractivity contribution in [1.29, 1.82) is 0 Å². The molecule has 0 radical (unpaired) electrons. The normalized spacial score (nSPS) is 11.6. The quantitative estimate of drug-likeness (QED) is 0.567. The number of nitrogens with one attached hydrogen (secondary N) is 1. The number of benzene rings is 1. The van der Waals surface area contributed by atoms with Gasteiger partial charge in [0.05, 0.1) is 11.4 Å². The maximum absolute atomic E-state index is 12.4. The third-order valence-corrected chi connectivity index (χ3v) is 7.24. The Balaban J connectivity index is 1.82. The van der Waals surface area contributed by atoms with Crippen LogP contribution in [0.25, 0.3) is 0 Å². The van der Waals surface area contributed by atoms with Crippen LogP contribution in [0.3, 0.4) is 0 Å². The van der Waals surface area contributed by atoms with Crippen molar-refractivity contribution >= 4 is 38.9 Å². The van der Waals surface area contributed by atoms with Crippen LogP contribution in [0.15, 0.2) is 24.3 Å². The molecule has 10 heteroatoms. The number of aryl methyl sites for hydroxylation is 1. The third-order valence-electron chi connectivity index (χ3n) is 4.00. The van der Waals surface area contributed by atoms with Gasteiger partial charge in [0.2, 0.25) is 10.0 Å². The van der Waals surface area contributed by atoms with E-state index in [2.05, 4.69) is 10.3 Å². The average molecular weight is 446 g/mol. The minimum absolute atomic E-state index is 0.0663.